The highest BCUT2D eigenvalue weighted by Gasteiger charge is 2.31. The molecule has 0 N–H and O–H groups in total. The van der Waals surface area contributed by atoms with Crippen LogP contribution in [0.3, 0.4) is 0 Å². The molecule has 1 aliphatic rings. The van der Waals surface area contributed by atoms with Crippen LogP contribution < -0.4 is 4.74 Å². The van der Waals surface area contributed by atoms with Crippen molar-refractivity contribution in [1.29, 1.82) is 0 Å². The Labute approximate surface area is 85.3 Å². The van der Waals surface area contributed by atoms with Crippen LogP contribution in [-0.4, -0.2) is 19.7 Å². The zero-order valence-electron chi connectivity index (χ0n) is 8.79. The van der Waals surface area contributed by atoms with Gasteiger partial charge in [0, 0.05) is 0 Å². The van der Waals surface area contributed by atoms with E-state index in [-0.39, 0.29) is 5.54 Å². The maximum atomic E-state index is 5.19. The summed E-state index contributed by atoms with van der Waals surface area (Å²) < 4.78 is 5.19. The Hall–Kier alpha value is -1.02. The summed E-state index contributed by atoms with van der Waals surface area (Å²) >= 11 is 0. The van der Waals surface area contributed by atoms with Crippen LogP contribution >= 0.6 is 0 Å². The third kappa shape index (κ3) is 1.90. The van der Waals surface area contributed by atoms with Gasteiger partial charge in [-0.1, -0.05) is 25.0 Å². The van der Waals surface area contributed by atoms with E-state index in [9.17, 15) is 0 Å². The molecule has 1 fully saturated rings. The lowest BCUT2D eigenvalue weighted by Gasteiger charge is -2.27. The molecule has 0 unspecified atom stereocenters. The maximum absolute atomic E-state index is 5.19. The first-order valence-corrected chi connectivity index (χ1v) is 5.02. The molecule has 1 aliphatic carbocycles. The van der Waals surface area contributed by atoms with Gasteiger partial charge in [0.15, 0.2) is 0 Å². The molecule has 0 radical (unpaired) electrons. The van der Waals surface area contributed by atoms with E-state index in [1.54, 1.807) is 7.11 Å². The van der Waals surface area contributed by atoms with Crippen LogP contribution in [0.1, 0.15) is 18.4 Å². The van der Waals surface area contributed by atoms with Crippen LogP contribution in [0.2, 0.25) is 0 Å². The molecular weight excluding hydrogens is 174 g/mol. The fraction of sp³-hybridized carbons (Fsp3) is 0.500. The fourth-order valence-electron chi connectivity index (χ4n) is 1.79. The number of likely N-dealkylation sites (N-methyl/N-ethyl adjacent to an activating group) is 1. The van der Waals surface area contributed by atoms with Crippen molar-refractivity contribution in [2.24, 2.45) is 0 Å². The molecule has 0 heterocycles. The number of benzene rings is 1. The van der Waals surface area contributed by atoms with Crippen LogP contribution in [0, 0.1) is 0 Å². The Balaban J connectivity index is 2.09. The van der Waals surface area contributed by atoms with E-state index in [2.05, 4.69) is 17.4 Å². The minimum Gasteiger partial charge on any atom is -0.659 e. The van der Waals surface area contributed by atoms with E-state index in [0.717, 1.165) is 12.2 Å². The molecule has 0 atom stereocenters. The fourth-order valence-corrected chi connectivity index (χ4v) is 1.79. The molecule has 76 valence electrons. The highest BCUT2D eigenvalue weighted by atomic mass is 16.5. The second-order valence-corrected chi connectivity index (χ2v) is 3.98. The normalized spacial score (nSPS) is 17.9. The topological polar surface area (TPSA) is 23.3 Å². The Bertz CT molecular complexity index is 318. The number of nitrogens with zero attached hydrogens (tertiary/aromatic N) is 1. The Morgan fingerprint density at radius 2 is 2.21 bits per heavy atom. The summed E-state index contributed by atoms with van der Waals surface area (Å²) in [5.41, 5.74) is 1.58. The Morgan fingerprint density at radius 3 is 2.79 bits per heavy atom. The lowest BCUT2D eigenvalue weighted by Crippen LogP contribution is -2.09. The molecular formula is C12H16NO-. The smallest absolute Gasteiger partial charge is 0.119 e. The molecule has 0 bridgehead atoms. The van der Waals surface area contributed by atoms with Crippen LogP contribution in [0.4, 0.5) is 0 Å². The van der Waals surface area contributed by atoms with Crippen molar-refractivity contribution in [2.45, 2.75) is 24.8 Å². The zero-order valence-corrected chi connectivity index (χ0v) is 8.79. The zero-order chi connectivity index (χ0) is 10.0. The predicted molar refractivity (Wildman–Crippen MR) is 57.9 cm³/mol. The third-order valence-electron chi connectivity index (χ3n) is 2.97. The van der Waals surface area contributed by atoms with Crippen molar-refractivity contribution in [2.75, 3.05) is 14.2 Å². The third-order valence-corrected chi connectivity index (χ3v) is 2.97. The number of hydrogen-bond donors (Lipinski definition) is 0. The summed E-state index contributed by atoms with van der Waals surface area (Å²) in [5.74, 6) is 0.939. The summed E-state index contributed by atoms with van der Waals surface area (Å²) in [5, 5.41) is 4.44. The molecule has 0 saturated heterocycles. The first-order valence-electron chi connectivity index (χ1n) is 5.02. The van der Waals surface area contributed by atoms with Gasteiger partial charge >= 0.3 is 0 Å². The van der Waals surface area contributed by atoms with Crippen molar-refractivity contribution >= 4 is 0 Å². The molecule has 1 aromatic carbocycles. The van der Waals surface area contributed by atoms with Crippen LogP contribution in [0.25, 0.3) is 5.32 Å². The van der Waals surface area contributed by atoms with E-state index >= 15 is 0 Å². The van der Waals surface area contributed by atoms with Gasteiger partial charge in [0.25, 0.3) is 0 Å². The molecule has 1 saturated carbocycles. The summed E-state index contributed by atoms with van der Waals surface area (Å²) in [6.07, 6.45) is 3.53. The van der Waals surface area contributed by atoms with Gasteiger partial charge in [0.2, 0.25) is 0 Å². The second-order valence-electron chi connectivity index (χ2n) is 3.98. The van der Waals surface area contributed by atoms with Crippen LogP contribution in [0.15, 0.2) is 24.3 Å². The van der Waals surface area contributed by atoms with E-state index in [4.69, 9.17) is 4.74 Å². The van der Waals surface area contributed by atoms with Gasteiger partial charge in [-0.3, -0.25) is 0 Å². The lowest BCUT2D eigenvalue weighted by atomic mass is 10.0. The van der Waals surface area contributed by atoms with Gasteiger partial charge in [0.05, 0.1) is 7.11 Å². The van der Waals surface area contributed by atoms with E-state index in [0.29, 0.717) is 0 Å². The standard InChI is InChI=1S/C12H16NO/c1-13-12(6-7-12)9-10-4-3-5-11(8-10)14-2/h3-5,8H,6-7,9H2,1-2H3/q-1. The quantitative estimate of drug-likeness (QED) is 0.716. The first-order chi connectivity index (χ1) is 6.78. The van der Waals surface area contributed by atoms with Gasteiger partial charge < -0.3 is 10.1 Å². The van der Waals surface area contributed by atoms with Crippen molar-refractivity contribution in [1.82, 2.24) is 0 Å². The van der Waals surface area contributed by atoms with E-state index in [1.165, 1.54) is 18.4 Å². The molecule has 0 aromatic heterocycles. The highest BCUT2D eigenvalue weighted by Crippen LogP contribution is 2.45. The van der Waals surface area contributed by atoms with Gasteiger partial charge in [-0.05, 0) is 24.1 Å². The summed E-state index contributed by atoms with van der Waals surface area (Å²) in [6, 6.07) is 8.27. The minimum absolute atomic E-state index is 0.256. The molecule has 14 heavy (non-hydrogen) atoms. The number of ether oxygens (including phenoxy) is 1. The van der Waals surface area contributed by atoms with Crippen LogP contribution in [-0.2, 0) is 6.42 Å². The number of hydrogen-bond acceptors (Lipinski definition) is 1. The van der Waals surface area contributed by atoms with E-state index < -0.39 is 0 Å². The van der Waals surface area contributed by atoms with Crippen molar-refractivity contribution < 1.29 is 4.74 Å². The van der Waals surface area contributed by atoms with Crippen LogP contribution in [0.5, 0.6) is 5.75 Å². The molecule has 2 nitrogen and oxygen atoms in total. The molecule has 0 aliphatic heterocycles. The van der Waals surface area contributed by atoms with Gasteiger partial charge in [-0.15, -0.1) is 5.54 Å². The second kappa shape index (κ2) is 3.62. The van der Waals surface area contributed by atoms with Crippen molar-refractivity contribution in [3.63, 3.8) is 0 Å². The highest BCUT2D eigenvalue weighted by molar-refractivity contribution is 5.32. The average molecular weight is 190 g/mol. The Kier molecular flexibility index (Phi) is 2.46. The Morgan fingerprint density at radius 1 is 1.43 bits per heavy atom. The molecule has 2 rings (SSSR count). The first kappa shape index (κ1) is 9.53. The average Bonchev–Trinajstić information content (AvgIpc) is 2.99. The lowest BCUT2D eigenvalue weighted by molar-refractivity contribution is 0.414. The number of methoxy groups -OCH3 is 1. The summed E-state index contributed by atoms with van der Waals surface area (Å²) in [4.78, 5) is 0. The molecule has 0 amide bonds. The predicted octanol–water partition coefficient (Wildman–Crippen LogP) is 2.77. The van der Waals surface area contributed by atoms with Gasteiger partial charge in [0.1, 0.15) is 5.75 Å². The molecule has 0 spiro atoms. The van der Waals surface area contributed by atoms with E-state index in [1.807, 2.05) is 19.2 Å². The minimum atomic E-state index is 0.256. The molecule has 2 heteroatoms. The van der Waals surface area contributed by atoms with Crippen molar-refractivity contribution in [3.8, 4) is 5.75 Å². The number of rotatable bonds is 4. The largest absolute Gasteiger partial charge is 0.659 e. The van der Waals surface area contributed by atoms with Crippen molar-refractivity contribution in [3.05, 3.63) is 35.1 Å². The monoisotopic (exact) mass is 190 g/mol. The SMILES string of the molecule is C[N-]C1(Cc2cccc(OC)c2)CC1. The summed E-state index contributed by atoms with van der Waals surface area (Å²) in [6.45, 7) is 0. The maximum Gasteiger partial charge on any atom is 0.119 e. The van der Waals surface area contributed by atoms with Gasteiger partial charge in [-0.25, -0.2) is 0 Å². The molecule has 1 aromatic rings. The van der Waals surface area contributed by atoms with Gasteiger partial charge in [-0.2, -0.15) is 7.05 Å². The summed E-state index contributed by atoms with van der Waals surface area (Å²) in [7, 11) is 3.63.